The Morgan fingerprint density at radius 3 is 2.60 bits per heavy atom. The van der Waals surface area contributed by atoms with Gasteiger partial charge < -0.3 is 5.73 Å². The molecule has 2 heterocycles. The predicted molar refractivity (Wildman–Crippen MR) is 74.8 cm³/mol. The molecule has 0 aliphatic carbocycles. The van der Waals surface area contributed by atoms with Crippen molar-refractivity contribution in [1.29, 1.82) is 0 Å². The summed E-state index contributed by atoms with van der Waals surface area (Å²) in [4.78, 5) is 2.47. The molecule has 0 amide bonds. The highest BCUT2D eigenvalue weighted by Crippen LogP contribution is 2.37. The zero-order chi connectivity index (χ0) is 11.0. The molecule has 2 rings (SSSR count). The summed E-state index contributed by atoms with van der Waals surface area (Å²) in [5.74, 6) is 0. The molecular weight excluding hydrogens is 358 g/mol. The lowest BCUT2D eigenvalue weighted by Crippen LogP contribution is -2.10. The number of hydrogen-bond acceptors (Lipinski definition) is 3. The van der Waals surface area contributed by atoms with Crippen LogP contribution in [0.3, 0.4) is 0 Å². The molecule has 0 spiro atoms. The molecule has 0 saturated carbocycles. The van der Waals surface area contributed by atoms with E-state index in [1.54, 1.807) is 22.7 Å². The molecule has 0 saturated heterocycles. The first kappa shape index (κ1) is 11.8. The van der Waals surface area contributed by atoms with Gasteiger partial charge in [0.05, 0.1) is 9.83 Å². The smallest absolute Gasteiger partial charge is 0.0843 e. The van der Waals surface area contributed by atoms with Gasteiger partial charge in [0.15, 0.2) is 0 Å². The fourth-order valence-corrected chi connectivity index (χ4v) is 4.25. The molecule has 0 bridgehead atoms. The Morgan fingerprint density at radius 2 is 2.13 bits per heavy atom. The van der Waals surface area contributed by atoms with E-state index in [4.69, 9.17) is 5.73 Å². The number of thiophene rings is 2. The van der Waals surface area contributed by atoms with E-state index in [9.17, 15) is 0 Å². The van der Waals surface area contributed by atoms with E-state index in [1.165, 1.54) is 15.3 Å². The van der Waals surface area contributed by atoms with Crippen LogP contribution in [0, 0.1) is 6.92 Å². The topological polar surface area (TPSA) is 26.0 Å². The minimum absolute atomic E-state index is 0.0103. The van der Waals surface area contributed by atoms with E-state index in [0.717, 1.165) is 8.26 Å². The van der Waals surface area contributed by atoms with Crippen LogP contribution in [0.1, 0.15) is 21.4 Å². The maximum absolute atomic E-state index is 6.22. The van der Waals surface area contributed by atoms with Crippen molar-refractivity contribution in [3.8, 4) is 0 Å². The monoisotopic (exact) mass is 365 g/mol. The van der Waals surface area contributed by atoms with Gasteiger partial charge in [-0.3, -0.25) is 0 Å². The third-order valence-electron chi connectivity index (χ3n) is 2.20. The van der Waals surface area contributed by atoms with Gasteiger partial charge >= 0.3 is 0 Å². The quantitative estimate of drug-likeness (QED) is 0.819. The highest BCUT2D eigenvalue weighted by Gasteiger charge is 2.15. The second kappa shape index (κ2) is 4.67. The van der Waals surface area contributed by atoms with Crippen molar-refractivity contribution in [3.63, 3.8) is 0 Å². The number of halogens is 2. The minimum Gasteiger partial charge on any atom is -0.320 e. The molecule has 0 fully saturated rings. The van der Waals surface area contributed by atoms with Gasteiger partial charge in [-0.2, -0.15) is 0 Å². The van der Waals surface area contributed by atoms with Gasteiger partial charge in [0.25, 0.3) is 0 Å². The maximum Gasteiger partial charge on any atom is 0.0843 e. The van der Waals surface area contributed by atoms with E-state index >= 15 is 0 Å². The van der Waals surface area contributed by atoms with Crippen molar-refractivity contribution in [1.82, 2.24) is 0 Å². The summed E-state index contributed by atoms with van der Waals surface area (Å²) in [6, 6.07) is 4.17. The van der Waals surface area contributed by atoms with Gasteiger partial charge in [0, 0.05) is 14.2 Å². The SMILES string of the molecule is Cc1sccc1C(N)c1cc(Br)c(Br)s1. The van der Waals surface area contributed by atoms with Crippen molar-refractivity contribution in [3.05, 3.63) is 41.1 Å². The minimum atomic E-state index is -0.0103. The molecule has 2 aromatic heterocycles. The van der Waals surface area contributed by atoms with Crippen LogP contribution < -0.4 is 5.73 Å². The van der Waals surface area contributed by atoms with E-state index in [-0.39, 0.29) is 6.04 Å². The molecule has 15 heavy (non-hydrogen) atoms. The van der Waals surface area contributed by atoms with Crippen LogP contribution in [0.25, 0.3) is 0 Å². The molecule has 0 aromatic carbocycles. The fraction of sp³-hybridized carbons (Fsp3) is 0.200. The standard InChI is InChI=1S/C10H9Br2NS2/c1-5-6(2-3-14-5)9(13)8-4-7(11)10(12)15-8/h2-4,9H,13H2,1H3. The molecule has 2 N–H and O–H groups in total. The summed E-state index contributed by atoms with van der Waals surface area (Å²) in [6.07, 6.45) is 0. The average Bonchev–Trinajstić information content (AvgIpc) is 2.74. The van der Waals surface area contributed by atoms with Gasteiger partial charge in [0.2, 0.25) is 0 Å². The Kier molecular flexibility index (Phi) is 3.67. The Morgan fingerprint density at radius 1 is 1.40 bits per heavy atom. The van der Waals surface area contributed by atoms with E-state index in [1.807, 2.05) is 0 Å². The molecule has 0 radical (unpaired) electrons. The molecular formula is C10H9Br2NS2. The zero-order valence-corrected chi connectivity index (χ0v) is 12.8. The Balaban J connectivity index is 2.36. The van der Waals surface area contributed by atoms with Crippen LogP contribution in [-0.4, -0.2) is 0 Å². The van der Waals surface area contributed by atoms with Crippen molar-refractivity contribution in [2.75, 3.05) is 0 Å². The average molecular weight is 367 g/mol. The first-order valence-electron chi connectivity index (χ1n) is 4.34. The molecule has 1 nitrogen and oxygen atoms in total. The summed E-state index contributed by atoms with van der Waals surface area (Å²) in [6.45, 7) is 2.11. The molecule has 0 aliphatic heterocycles. The van der Waals surface area contributed by atoms with Crippen LogP contribution >= 0.6 is 54.5 Å². The molecule has 1 atom stereocenters. The van der Waals surface area contributed by atoms with Crippen molar-refractivity contribution in [2.45, 2.75) is 13.0 Å². The van der Waals surface area contributed by atoms with Crippen LogP contribution in [-0.2, 0) is 0 Å². The number of aryl methyl sites for hydroxylation is 1. The molecule has 80 valence electrons. The Labute approximate surface area is 114 Å². The van der Waals surface area contributed by atoms with Gasteiger partial charge in [-0.05, 0) is 61.9 Å². The number of nitrogens with two attached hydrogens (primary N) is 1. The third-order valence-corrected chi connectivity index (χ3v) is 6.41. The van der Waals surface area contributed by atoms with E-state index in [2.05, 4.69) is 56.3 Å². The van der Waals surface area contributed by atoms with E-state index < -0.39 is 0 Å². The first-order valence-corrected chi connectivity index (χ1v) is 7.62. The number of hydrogen-bond donors (Lipinski definition) is 1. The van der Waals surface area contributed by atoms with Crippen molar-refractivity contribution >= 4 is 54.5 Å². The summed E-state index contributed by atoms with van der Waals surface area (Å²) in [5.41, 5.74) is 7.44. The van der Waals surface area contributed by atoms with Gasteiger partial charge in [-0.15, -0.1) is 22.7 Å². The number of rotatable bonds is 2. The largest absolute Gasteiger partial charge is 0.320 e. The van der Waals surface area contributed by atoms with Crippen LogP contribution in [0.15, 0.2) is 25.8 Å². The lowest BCUT2D eigenvalue weighted by molar-refractivity contribution is 0.891. The zero-order valence-electron chi connectivity index (χ0n) is 7.96. The second-order valence-corrected chi connectivity index (χ2v) is 7.56. The predicted octanol–water partition coefficient (Wildman–Crippen LogP) is 4.69. The highest BCUT2D eigenvalue weighted by atomic mass is 79.9. The normalized spacial score (nSPS) is 13.1. The van der Waals surface area contributed by atoms with Crippen LogP contribution in [0.2, 0.25) is 0 Å². The summed E-state index contributed by atoms with van der Waals surface area (Å²) >= 11 is 10.4. The Bertz CT molecular complexity index is 456. The fourth-order valence-electron chi connectivity index (χ4n) is 1.39. The summed E-state index contributed by atoms with van der Waals surface area (Å²) in [7, 11) is 0. The summed E-state index contributed by atoms with van der Waals surface area (Å²) < 4.78 is 2.17. The van der Waals surface area contributed by atoms with Gasteiger partial charge in [-0.1, -0.05) is 0 Å². The molecule has 2 aromatic rings. The molecule has 0 aliphatic rings. The van der Waals surface area contributed by atoms with Gasteiger partial charge in [0.1, 0.15) is 0 Å². The molecule has 1 unspecified atom stereocenters. The maximum atomic E-state index is 6.22. The van der Waals surface area contributed by atoms with Crippen LogP contribution in [0.5, 0.6) is 0 Å². The first-order chi connectivity index (χ1) is 7.09. The third kappa shape index (κ3) is 2.36. The van der Waals surface area contributed by atoms with Gasteiger partial charge in [-0.25, -0.2) is 0 Å². The van der Waals surface area contributed by atoms with Crippen LogP contribution in [0.4, 0.5) is 0 Å². The van der Waals surface area contributed by atoms with Crippen molar-refractivity contribution < 1.29 is 0 Å². The lowest BCUT2D eigenvalue weighted by atomic mass is 10.1. The lowest BCUT2D eigenvalue weighted by Gasteiger charge is -2.08. The highest BCUT2D eigenvalue weighted by molar-refractivity contribution is 9.13. The molecule has 5 heteroatoms. The second-order valence-electron chi connectivity index (χ2n) is 3.18. The van der Waals surface area contributed by atoms with Crippen molar-refractivity contribution in [2.24, 2.45) is 5.73 Å². The van der Waals surface area contributed by atoms with E-state index in [0.29, 0.717) is 0 Å². The Hall–Kier alpha value is 0.320. The summed E-state index contributed by atoms with van der Waals surface area (Å²) in [5, 5.41) is 2.09.